The SMILES string of the molecule is CC(OC(=O)COc1ccc(Cl)cc1Cl)C(=O)NC(C)c1ccccc1. The van der Waals surface area contributed by atoms with Gasteiger partial charge in [0.15, 0.2) is 12.7 Å². The topological polar surface area (TPSA) is 64.6 Å². The highest BCUT2D eigenvalue weighted by Gasteiger charge is 2.20. The fourth-order valence-electron chi connectivity index (χ4n) is 2.17. The van der Waals surface area contributed by atoms with Crippen molar-refractivity contribution in [1.82, 2.24) is 5.32 Å². The third kappa shape index (κ3) is 5.93. The summed E-state index contributed by atoms with van der Waals surface area (Å²) in [5.74, 6) is -0.756. The molecule has 5 nitrogen and oxygen atoms in total. The first-order valence-electron chi connectivity index (χ1n) is 7.99. The van der Waals surface area contributed by atoms with Crippen LogP contribution in [-0.4, -0.2) is 24.6 Å². The molecule has 1 amide bonds. The van der Waals surface area contributed by atoms with Gasteiger partial charge in [0.1, 0.15) is 5.75 Å². The number of halogens is 2. The molecule has 2 aromatic rings. The second-order valence-electron chi connectivity index (χ2n) is 5.64. The van der Waals surface area contributed by atoms with Gasteiger partial charge in [0.2, 0.25) is 0 Å². The lowest BCUT2D eigenvalue weighted by atomic mass is 10.1. The average molecular weight is 396 g/mol. The molecule has 2 unspecified atom stereocenters. The van der Waals surface area contributed by atoms with E-state index in [0.29, 0.717) is 10.8 Å². The van der Waals surface area contributed by atoms with E-state index >= 15 is 0 Å². The van der Waals surface area contributed by atoms with Crippen LogP contribution >= 0.6 is 23.2 Å². The fraction of sp³-hybridized carbons (Fsp3) is 0.263. The molecular formula is C19H19Cl2NO4. The van der Waals surface area contributed by atoms with E-state index in [1.807, 2.05) is 37.3 Å². The number of amides is 1. The Morgan fingerprint density at radius 3 is 2.42 bits per heavy atom. The van der Waals surface area contributed by atoms with Crippen LogP contribution in [0.15, 0.2) is 48.5 Å². The Morgan fingerprint density at radius 2 is 1.77 bits per heavy atom. The standard InChI is InChI=1S/C19H19Cl2NO4/c1-12(14-6-4-3-5-7-14)22-19(24)13(2)26-18(23)11-25-17-9-8-15(20)10-16(17)21/h3-10,12-13H,11H2,1-2H3,(H,22,24). The second kappa shape index (κ2) is 9.46. The minimum atomic E-state index is -0.946. The maximum atomic E-state index is 12.2. The predicted octanol–water partition coefficient (Wildman–Crippen LogP) is 4.18. The zero-order valence-corrected chi connectivity index (χ0v) is 15.9. The molecule has 7 heteroatoms. The molecule has 2 atom stereocenters. The van der Waals surface area contributed by atoms with E-state index in [1.165, 1.54) is 13.0 Å². The molecule has 0 radical (unpaired) electrons. The van der Waals surface area contributed by atoms with Gasteiger partial charge < -0.3 is 14.8 Å². The highest BCUT2D eigenvalue weighted by Crippen LogP contribution is 2.27. The largest absolute Gasteiger partial charge is 0.480 e. The third-order valence-corrected chi connectivity index (χ3v) is 4.11. The van der Waals surface area contributed by atoms with Crippen LogP contribution in [0.2, 0.25) is 10.0 Å². The van der Waals surface area contributed by atoms with Gasteiger partial charge in [0, 0.05) is 5.02 Å². The molecule has 2 aromatic carbocycles. The van der Waals surface area contributed by atoms with Crippen molar-refractivity contribution in [2.24, 2.45) is 0 Å². The molecule has 0 fully saturated rings. The van der Waals surface area contributed by atoms with Gasteiger partial charge in [-0.25, -0.2) is 4.79 Å². The smallest absolute Gasteiger partial charge is 0.344 e. The molecular weight excluding hydrogens is 377 g/mol. The fourth-order valence-corrected chi connectivity index (χ4v) is 2.63. The van der Waals surface area contributed by atoms with Crippen molar-refractivity contribution in [1.29, 1.82) is 0 Å². The first kappa shape index (κ1) is 20.1. The van der Waals surface area contributed by atoms with Crippen LogP contribution in [0.4, 0.5) is 0 Å². The van der Waals surface area contributed by atoms with E-state index in [0.717, 1.165) is 5.56 Å². The molecule has 0 saturated carbocycles. The number of carbonyl (C=O) groups excluding carboxylic acids is 2. The number of rotatable bonds is 7. The zero-order valence-electron chi connectivity index (χ0n) is 14.4. The lowest BCUT2D eigenvalue weighted by Gasteiger charge is -2.18. The number of hydrogen-bond donors (Lipinski definition) is 1. The number of benzene rings is 2. The zero-order chi connectivity index (χ0) is 19.1. The Bertz CT molecular complexity index is 767. The van der Waals surface area contributed by atoms with E-state index < -0.39 is 12.1 Å². The lowest BCUT2D eigenvalue weighted by molar-refractivity contribution is -0.156. The van der Waals surface area contributed by atoms with E-state index in [1.54, 1.807) is 12.1 Å². The summed E-state index contributed by atoms with van der Waals surface area (Å²) in [4.78, 5) is 24.0. The summed E-state index contributed by atoms with van der Waals surface area (Å²) in [7, 11) is 0. The second-order valence-corrected chi connectivity index (χ2v) is 6.48. The quantitative estimate of drug-likeness (QED) is 0.714. The summed E-state index contributed by atoms with van der Waals surface area (Å²) in [5.41, 5.74) is 0.958. The molecule has 0 aromatic heterocycles. The Hall–Kier alpha value is -2.24. The number of carbonyl (C=O) groups is 2. The number of esters is 1. The van der Waals surface area contributed by atoms with Crippen molar-refractivity contribution in [3.63, 3.8) is 0 Å². The Balaban J connectivity index is 1.81. The first-order chi connectivity index (χ1) is 12.4. The molecule has 0 spiro atoms. The van der Waals surface area contributed by atoms with Gasteiger partial charge in [0.05, 0.1) is 11.1 Å². The number of nitrogens with one attached hydrogen (secondary N) is 1. The summed E-state index contributed by atoms with van der Waals surface area (Å²) >= 11 is 11.8. The Morgan fingerprint density at radius 1 is 1.08 bits per heavy atom. The van der Waals surface area contributed by atoms with Crippen molar-refractivity contribution in [2.75, 3.05) is 6.61 Å². The molecule has 26 heavy (non-hydrogen) atoms. The van der Waals surface area contributed by atoms with Crippen molar-refractivity contribution in [2.45, 2.75) is 26.0 Å². The van der Waals surface area contributed by atoms with Gasteiger partial charge in [-0.3, -0.25) is 4.79 Å². The van der Waals surface area contributed by atoms with Crippen LogP contribution < -0.4 is 10.1 Å². The lowest BCUT2D eigenvalue weighted by Crippen LogP contribution is -2.38. The molecule has 0 aliphatic carbocycles. The molecule has 0 aliphatic rings. The molecule has 2 rings (SSSR count). The van der Waals surface area contributed by atoms with Crippen LogP contribution in [0.3, 0.4) is 0 Å². The van der Waals surface area contributed by atoms with E-state index in [9.17, 15) is 9.59 Å². The molecule has 0 saturated heterocycles. The van der Waals surface area contributed by atoms with E-state index in [2.05, 4.69) is 5.32 Å². The Labute approximate surface area is 162 Å². The van der Waals surface area contributed by atoms with Crippen molar-refractivity contribution in [3.8, 4) is 5.75 Å². The molecule has 0 aliphatic heterocycles. The van der Waals surface area contributed by atoms with E-state index in [-0.39, 0.29) is 23.6 Å². The monoisotopic (exact) mass is 395 g/mol. The summed E-state index contributed by atoms with van der Waals surface area (Å²) in [6.07, 6.45) is -0.946. The van der Waals surface area contributed by atoms with Crippen LogP contribution in [-0.2, 0) is 14.3 Å². The highest BCUT2D eigenvalue weighted by atomic mass is 35.5. The normalized spacial score (nSPS) is 12.8. The first-order valence-corrected chi connectivity index (χ1v) is 8.75. The maximum absolute atomic E-state index is 12.2. The summed E-state index contributed by atoms with van der Waals surface area (Å²) in [6.45, 7) is 2.99. The Kier molecular flexibility index (Phi) is 7.30. The van der Waals surface area contributed by atoms with Crippen LogP contribution in [0.25, 0.3) is 0 Å². The van der Waals surface area contributed by atoms with Gasteiger partial charge in [-0.15, -0.1) is 0 Å². The van der Waals surface area contributed by atoms with Crippen molar-refractivity contribution < 1.29 is 19.1 Å². The van der Waals surface area contributed by atoms with Gasteiger partial charge in [-0.1, -0.05) is 53.5 Å². The highest BCUT2D eigenvalue weighted by molar-refractivity contribution is 6.35. The minimum Gasteiger partial charge on any atom is -0.480 e. The summed E-state index contributed by atoms with van der Waals surface area (Å²) < 4.78 is 10.4. The third-order valence-electron chi connectivity index (χ3n) is 3.58. The van der Waals surface area contributed by atoms with Gasteiger partial charge >= 0.3 is 5.97 Å². The summed E-state index contributed by atoms with van der Waals surface area (Å²) in [5, 5.41) is 3.54. The van der Waals surface area contributed by atoms with Crippen LogP contribution in [0.5, 0.6) is 5.75 Å². The van der Waals surface area contributed by atoms with Crippen molar-refractivity contribution in [3.05, 3.63) is 64.1 Å². The van der Waals surface area contributed by atoms with Gasteiger partial charge in [-0.05, 0) is 37.6 Å². The molecule has 0 heterocycles. The molecule has 138 valence electrons. The van der Waals surface area contributed by atoms with Crippen molar-refractivity contribution >= 4 is 35.1 Å². The van der Waals surface area contributed by atoms with Gasteiger partial charge in [-0.2, -0.15) is 0 Å². The number of hydrogen-bond acceptors (Lipinski definition) is 4. The van der Waals surface area contributed by atoms with Crippen LogP contribution in [0.1, 0.15) is 25.5 Å². The maximum Gasteiger partial charge on any atom is 0.344 e. The van der Waals surface area contributed by atoms with Gasteiger partial charge in [0.25, 0.3) is 5.91 Å². The molecule has 0 bridgehead atoms. The minimum absolute atomic E-state index is 0.200. The average Bonchev–Trinajstić information content (AvgIpc) is 2.61. The molecule has 1 N–H and O–H groups in total. The van der Waals surface area contributed by atoms with Crippen LogP contribution in [0, 0.1) is 0 Å². The summed E-state index contributed by atoms with van der Waals surface area (Å²) in [6, 6.07) is 13.9. The van der Waals surface area contributed by atoms with E-state index in [4.69, 9.17) is 32.7 Å². The number of ether oxygens (including phenoxy) is 2. The predicted molar refractivity (Wildman–Crippen MR) is 101 cm³/mol.